The van der Waals surface area contributed by atoms with E-state index < -0.39 is 41.2 Å². The van der Waals surface area contributed by atoms with Crippen LogP contribution in [0.25, 0.3) is 22.9 Å². The zero-order valence-corrected chi connectivity index (χ0v) is 49.6. The van der Waals surface area contributed by atoms with Gasteiger partial charge < -0.3 is 49.3 Å². The molecule has 19 nitrogen and oxygen atoms in total. The first-order valence-corrected chi connectivity index (χ1v) is 28.5. The molecule has 3 aromatic carbocycles. The van der Waals surface area contributed by atoms with Crippen molar-refractivity contribution < 1.29 is 47.0 Å². The van der Waals surface area contributed by atoms with Gasteiger partial charge in [0.1, 0.15) is 35.9 Å². The molecule has 4 N–H and O–H groups in total. The Balaban J connectivity index is 0.000000269. The molecule has 85 heavy (non-hydrogen) atoms. The molecule has 0 radical (unpaired) electrons. The van der Waals surface area contributed by atoms with Crippen molar-refractivity contribution in [3.63, 3.8) is 0 Å². The average Bonchev–Trinajstić information content (AvgIpc) is 2.68. The van der Waals surface area contributed by atoms with Crippen LogP contribution >= 0.6 is 0 Å². The number of hydrogen-bond acceptors (Lipinski definition) is 15. The Kier molecular flexibility index (Phi) is 24.6. The molecule has 8 rings (SSSR count). The van der Waals surface area contributed by atoms with Crippen LogP contribution < -0.4 is 10.6 Å². The molecule has 3 amide bonds. The van der Waals surface area contributed by atoms with Crippen molar-refractivity contribution in [2.24, 2.45) is 0 Å². The summed E-state index contributed by atoms with van der Waals surface area (Å²) in [4.78, 5) is 76.0. The zero-order valence-electron chi connectivity index (χ0n) is 49.6. The van der Waals surface area contributed by atoms with E-state index in [2.05, 4.69) is 46.4 Å². The molecule has 4 aromatic heterocycles. The van der Waals surface area contributed by atoms with Crippen LogP contribution in [0.3, 0.4) is 0 Å². The lowest BCUT2D eigenvalue weighted by Crippen LogP contribution is -2.50. The first kappa shape index (κ1) is 65.6. The molecule has 0 unspecified atom stereocenters. The first-order chi connectivity index (χ1) is 40.8. The van der Waals surface area contributed by atoms with Gasteiger partial charge in [0, 0.05) is 92.1 Å². The molecular formula is C64H77F2N11O8. The number of nitrogens with one attached hydrogen (secondary N) is 2. The summed E-state index contributed by atoms with van der Waals surface area (Å²) in [7, 11) is 7.98. The number of nitriles is 1. The summed E-state index contributed by atoms with van der Waals surface area (Å²) in [6, 6.07) is 21.1. The van der Waals surface area contributed by atoms with Crippen molar-refractivity contribution in [1.29, 1.82) is 5.26 Å². The molecule has 4 heterocycles. The number of aromatic carboxylic acids is 1. The number of benzene rings is 3. The highest BCUT2D eigenvalue weighted by molar-refractivity contribution is 6.01. The van der Waals surface area contributed by atoms with E-state index in [9.17, 15) is 38.2 Å². The van der Waals surface area contributed by atoms with Gasteiger partial charge in [-0.15, -0.1) is 0 Å². The number of carbonyl (C=O) groups is 4. The molecule has 7 aromatic rings. The minimum atomic E-state index is -1.16. The lowest BCUT2D eigenvalue weighted by atomic mass is 9.98. The summed E-state index contributed by atoms with van der Waals surface area (Å²) in [6.07, 6.45) is 12.9. The second-order valence-corrected chi connectivity index (χ2v) is 21.4. The van der Waals surface area contributed by atoms with E-state index in [0.717, 1.165) is 74.5 Å². The summed E-state index contributed by atoms with van der Waals surface area (Å²) >= 11 is 0. The van der Waals surface area contributed by atoms with Gasteiger partial charge >= 0.3 is 5.97 Å². The molecule has 450 valence electrons. The number of hydrogen-bond donors (Lipinski definition) is 4. The number of aromatic nitrogens is 4. The third-order valence-corrected chi connectivity index (χ3v) is 13.6. The van der Waals surface area contributed by atoms with Crippen LogP contribution in [0.1, 0.15) is 136 Å². The molecule has 1 aliphatic rings. The molecular weight excluding hydrogens is 1090 g/mol. The highest BCUT2D eigenvalue weighted by Crippen LogP contribution is 2.44. The number of oxazole rings is 2. The Labute approximate surface area is 495 Å². The second-order valence-electron chi connectivity index (χ2n) is 21.4. The minimum Gasteiger partial charge on any atom is -0.478 e. The standard InChI is InChI=1S/C38H46F2N6O4.C17H20N2O4.C9H11N3/c1-5-12-46(13-6-2)37(49)29-20-27(19-28(21-29)36-42-11-14-50-36)35(48)44-32(17-26-15-30(39)22-31(40)16-26)33(47)23-43-38(8-9-38)34-18-25(7-10-41-34)24-45(3)4;1-3-6-19(7-4-2)16(20)13-9-12(15-18-5-8-23-15)10-14(11-13)17(21)22;1-12(2)7-8-3-4-11-9(5-8)6-10/h7,10-11,14-16,18-22,32-33,43,47H,5-6,8-9,12-13,17,23-24H2,1-4H3,(H,44,48);5,8-11H,3-4,6-7H2,1-2H3,(H,21,22);3-5H,7H2,1-2H3/t32-,33+;;/m0../s1. The largest absolute Gasteiger partial charge is 0.478 e. The zero-order chi connectivity index (χ0) is 61.6. The number of carboxylic acids is 1. The van der Waals surface area contributed by atoms with Crippen LogP contribution in [0.15, 0.2) is 125 Å². The number of halogens is 2. The van der Waals surface area contributed by atoms with Crippen molar-refractivity contribution in [3.8, 4) is 29.0 Å². The third-order valence-electron chi connectivity index (χ3n) is 13.6. The predicted octanol–water partition coefficient (Wildman–Crippen LogP) is 9.64. The van der Waals surface area contributed by atoms with Gasteiger partial charge in [-0.05, 0) is 163 Å². The molecule has 1 saturated carbocycles. The van der Waals surface area contributed by atoms with Crippen LogP contribution in [0.2, 0.25) is 0 Å². The van der Waals surface area contributed by atoms with Gasteiger partial charge in [-0.1, -0.05) is 27.7 Å². The Morgan fingerprint density at radius 2 is 1.12 bits per heavy atom. The van der Waals surface area contributed by atoms with Crippen LogP contribution in [0, 0.1) is 23.0 Å². The number of nitrogens with zero attached hydrogens (tertiary/aromatic N) is 9. The lowest BCUT2D eigenvalue weighted by Gasteiger charge is -2.27. The summed E-state index contributed by atoms with van der Waals surface area (Å²) in [5.41, 5.74) is 5.15. The van der Waals surface area contributed by atoms with Crippen molar-refractivity contribution in [1.82, 2.24) is 50.2 Å². The van der Waals surface area contributed by atoms with Crippen molar-refractivity contribution in [2.75, 3.05) is 60.9 Å². The Hall–Kier alpha value is -8.55. The number of pyridine rings is 2. The molecule has 21 heteroatoms. The van der Waals surface area contributed by atoms with E-state index in [1.54, 1.807) is 46.5 Å². The van der Waals surface area contributed by atoms with Gasteiger partial charge in [-0.25, -0.2) is 28.5 Å². The molecule has 1 aliphatic carbocycles. The van der Waals surface area contributed by atoms with E-state index >= 15 is 0 Å². The number of amides is 3. The van der Waals surface area contributed by atoms with Gasteiger partial charge in [0.2, 0.25) is 11.8 Å². The number of carboxylic acid groups (broad SMARTS) is 1. The monoisotopic (exact) mass is 1170 g/mol. The van der Waals surface area contributed by atoms with Gasteiger partial charge in [0.05, 0.1) is 41.3 Å². The summed E-state index contributed by atoms with van der Waals surface area (Å²) in [6.45, 7) is 12.0. The SMILES string of the molecule is CCCN(CCC)C(=O)c1cc(C(=O)N[C@@H](Cc2cc(F)cc(F)c2)[C@H](O)CNC2(c3cc(CN(C)C)ccn3)CC2)cc(-c2ncco2)c1.CCCN(CCC)C(=O)c1cc(C(=O)O)cc(-c2ncco2)c1.CN(C)Cc1ccnc(C#N)c1. The van der Waals surface area contributed by atoms with Crippen LogP contribution in [-0.2, 0) is 25.0 Å². The highest BCUT2D eigenvalue weighted by Gasteiger charge is 2.46. The molecule has 0 saturated heterocycles. The van der Waals surface area contributed by atoms with E-state index in [-0.39, 0.29) is 47.4 Å². The topological polar surface area (TPSA) is 247 Å². The smallest absolute Gasteiger partial charge is 0.335 e. The second kappa shape index (κ2) is 31.9. The fourth-order valence-electron chi connectivity index (χ4n) is 9.62. The van der Waals surface area contributed by atoms with Crippen LogP contribution in [0.4, 0.5) is 8.78 Å². The summed E-state index contributed by atoms with van der Waals surface area (Å²) in [5, 5.41) is 35.8. The average molecular weight is 1170 g/mol. The predicted molar refractivity (Wildman–Crippen MR) is 318 cm³/mol. The maximum Gasteiger partial charge on any atom is 0.335 e. The number of aliphatic hydroxyl groups excluding tert-OH is 1. The van der Waals surface area contributed by atoms with Gasteiger partial charge in [0.25, 0.3) is 17.7 Å². The molecule has 0 bridgehead atoms. The molecule has 0 aliphatic heterocycles. The fraction of sp³-hybridized carbons (Fsp3) is 0.391. The fourth-order valence-corrected chi connectivity index (χ4v) is 9.62. The first-order valence-electron chi connectivity index (χ1n) is 28.5. The van der Waals surface area contributed by atoms with Gasteiger partial charge in [0.15, 0.2) is 0 Å². The number of carbonyl (C=O) groups excluding carboxylic acids is 3. The van der Waals surface area contributed by atoms with E-state index in [0.29, 0.717) is 60.0 Å². The quantitative estimate of drug-likeness (QED) is 0.0394. The van der Waals surface area contributed by atoms with Gasteiger partial charge in [-0.2, -0.15) is 5.26 Å². The minimum absolute atomic E-state index is 0.0389. The van der Waals surface area contributed by atoms with Crippen molar-refractivity contribution in [3.05, 3.63) is 178 Å². The van der Waals surface area contributed by atoms with Crippen molar-refractivity contribution >= 4 is 23.7 Å². The maximum atomic E-state index is 14.2. The lowest BCUT2D eigenvalue weighted by molar-refractivity contribution is 0.0695. The number of rotatable bonds is 26. The molecule has 2 atom stereocenters. The Morgan fingerprint density at radius 3 is 1.58 bits per heavy atom. The van der Waals surface area contributed by atoms with Crippen LogP contribution in [-0.4, -0.2) is 146 Å². The van der Waals surface area contributed by atoms with Crippen LogP contribution in [0.5, 0.6) is 0 Å². The number of aliphatic hydroxyl groups is 1. The molecule has 0 spiro atoms. The highest BCUT2D eigenvalue weighted by atomic mass is 19.1. The Bertz CT molecular complexity index is 3320. The van der Waals surface area contributed by atoms with E-state index in [4.69, 9.17) is 14.1 Å². The van der Waals surface area contributed by atoms with E-state index in [1.165, 1.54) is 55.3 Å². The van der Waals surface area contributed by atoms with Gasteiger partial charge in [-0.3, -0.25) is 19.4 Å². The third kappa shape index (κ3) is 19.5. The molecule has 1 fully saturated rings. The van der Waals surface area contributed by atoms with E-state index in [1.807, 2.05) is 74.1 Å². The summed E-state index contributed by atoms with van der Waals surface area (Å²) in [5.74, 6) is -3.07. The maximum absolute atomic E-state index is 14.2. The van der Waals surface area contributed by atoms with Crippen molar-refractivity contribution in [2.45, 2.75) is 103 Å². The normalized spacial score (nSPS) is 12.9. The summed E-state index contributed by atoms with van der Waals surface area (Å²) < 4.78 is 39.2. The Morgan fingerprint density at radius 1 is 0.635 bits per heavy atom.